The predicted molar refractivity (Wildman–Crippen MR) is 89.5 cm³/mol. The molecule has 2 N–H and O–H groups in total. The van der Waals surface area contributed by atoms with Gasteiger partial charge in [-0.25, -0.2) is 4.79 Å². The second kappa shape index (κ2) is 6.79. The maximum absolute atomic E-state index is 12.1. The number of amides is 3. The van der Waals surface area contributed by atoms with Crippen LogP contribution in [0.2, 0.25) is 5.02 Å². The van der Waals surface area contributed by atoms with Crippen molar-refractivity contribution < 1.29 is 9.59 Å². The standard InChI is InChI=1S/C17H22ClN3O2/c1-11(10-21-8-4-7-16(21)22)19-17(23)20-15-9-13(15)12-5-2-3-6-14(12)18/h2-3,5-6,11,13,15H,4,7-10H2,1H3,(H2,19,20,23). The minimum Gasteiger partial charge on any atom is -0.341 e. The van der Waals surface area contributed by atoms with Crippen LogP contribution in [0.5, 0.6) is 0 Å². The number of carbonyl (C=O) groups excluding carboxylic acids is 2. The van der Waals surface area contributed by atoms with Crippen LogP contribution in [0.15, 0.2) is 24.3 Å². The lowest BCUT2D eigenvalue weighted by atomic mass is 10.1. The van der Waals surface area contributed by atoms with Gasteiger partial charge in [-0.2, -0.15) is 0 Å². The molecule has 0 radical (unpaired) electrons. The van der Waals surface area contributed by atoms with Crippen molar-refractivity contribution in [2.24, 2.45) is 0 Å². The van der Waals surface area contributed by atoms with E-state index < -0.39 is 0 Å². The Morgan fingerprint density at radius 3 is 2.91 bits per heavy atom. The molecule has 3 rings (SSSR count). The first-order chi connectivity index (χ1) is 11.0. The molecule has 1 aliphatic heterocycles. The van der Waals surface area contributed by atoms with Gasteiger partial charge in [-0.1, -0.05) is 29.8 Å². The molecule has 3 amide bonds. The molecule has 1 heterocycles. The van der Waals surface area contributed by atoms with Crippen LogP contribution in [0.25, 0.3) is 0 Å². The summed E-state index contributed by atoms with van der Waals surface area (Å²) >= 11 is 6.19. The van der Waals surface area contributed by atoms with E-state index in [2.05, 4.69) is 10.6 Å². The number of nitrogens with one attached hydrogen (secondary N) is 2. The second-order valence-electron chi connectivity index (χ2n) is 6.43. The van der Waals surface area contributed by atoms with Gasteiger partial charge in [0.05, 0.1) is 0 Å². The van der Waals surface area contributed by atoms with Crippen LogP contribution in [0, 0.1) is 0 Å². The Labute approximate surface area is 141 Å². The SMILES string of the molecule is CC(CN1CCCC1=O)NC(=O)NC1CC1c1ccccc1Cl. The topological polar surface area (TPSA) is 61.4 Å². The summed E-state index contributed by atoms with van der Waals surface area (Å²) in [4.78, 5) is 25.5. The van der Waals surface area contributed by atoms with Gasteiger partial charge in [-0.15, -0.1) is 0 Å². The summed E-state index contributed by atoms with van der Waals surface area (Å²) in [5.74, 6) is 0.477. The lowest BCUT2D eigenvalue weighted by Gasteiger charge is -2.21. The largest absolute Gasteiger partial charge is 0.341 e. The number of nitrogens with zero attached hydrogens (tertiary/aromatic N) is 1. The number of carbonyl (C=O) groups is 2. The third-order valence-electron chi connectivity index (χ3n) is 4.45. The Kier molecular flexibility index (Phi) is 4.76. The lowest BCUT2D eigenvalue weighted by Crippen LogP contribution is -2.47. The summed E-state index contributed by atoms with van der Waals surface area (Å²) in [6, 6.07) is 7.65. The molecule has 1 saturated carbocycles. The van der Waals surface area contributed by atoms with Crippen LogP contribution in [-0.4, -0.2) is 42.0 Å². The van der Waals surface area contributed by atoms with E-state index in [-0.39, 0.29) is 24.0 Å². The van der Waals surface area contributed by atoms with E-state index in [1.807, 2.05) is 36.1 Å². The zero-order valence-electron chi connectivity index (χ0n) is 13.2. The average molecular weight is 336 g/mol. The minimum absolute atomic E-state index is 0.0606. The van der Waals surface area contributed by atoms with E-state index in [1.165, 1.54) is 0 Å². The van der Waals surface area contributed by atoms with E-state index >= 15 is 0 Å². The molecular formula is C17H22ClN3O2. The summed E-state index contributed by atoms with van der Waals surface area (Å²) in [7, 11) is 0. The fourth-order valence-corrected chi connectivity index (χ4v) is 3.46. The van der Waals surface area contributed by atoms with Crippen molar-refractivity contribution >= 4 is 23.5 Å². The van der Waals surface area contributed by atoms with Crippen molar-refractivity contribution in [2.45, 2.75) is 44.2 Å². The van der Waals surface area contributed by atoms with Gasteiger partial charge >= 0.3 is 6.03 Å². The highest BCUT2D eigenvalue weighted by atomic mass is 35.5. The molecular weight excluding hydrogens is 314 g/mol. The van der Waals surface area contributed by atoms with Crippen LogP contribution in [0.4, 0.5) is 4.79 Å². The quantitative estimate of drug-likeness (QED) is 0.868. The molecule has 3 atom stereocenters. The Morgan fingerprint density at radius 1 is 1.43 bits per heavy atom. The summed E-state index contributed by atoms with van der Waals surface area (Å²) in [6.45, 7) is 3.29. The summed E-state index contributed by atoms with van der Waals surface area (Å²) in [6.07, 6.45) is 2.45. The zero-order chi connectivity index (χ0) is 16.4. The molecule has 0 spiro atoms. The molecule has 1 aromatic carbocycles. The van der Waals surface area contributed by atoms with Crippen molar-refractivity contribution in [1.29, 1.82) is 0 Å². The fourth-order valence-electron chi connectivity index (χ4n) is 3.18. The minimum atomic E-state index is -0.177. The van der Waals surface area contributed by atoms with Gasteiger partial charge < -0.3 is 15.5 Å². The average Bonchev–Trinajstić information content (AvgIpc) is 3.13. The maximum Gasteiger partial charge on any atom is 0.315 e. The van der Waals surface area contributed by atoms with Crippen molar-refractivity contribution in [2.75, 3.05) is 13.1 Å². The zero-order valence-corrected chi connectivity index (χ0v) is 14.0. The van der Waals surface area contributed by atoms with E-state index in [4.69, 9.17) is 11.6 Å². The van der Waals surface area contributed by atoms with Gasteiger partial charge in [0.15, 0.2) is 0 Å². The van der Waals surface area contributed by atoms with E-state index in [0.717, 1.165) is 30.0 Å². The monoisotopic (exact) mass is 335 g/mol. The predicted octanol–water partition coefficient (Wildman–Crippen LogP) is 2.51. The van der Waals surface area contributed by atoms with Crippen molar-refractivity contribution in [3.8, 4) is 0 Å². The number of likely N-dealkylation sites (tertiary alicyclic amines) is 1. The molecule has 124 valence electrons. The van der Waals surface area contributed by atoms with Gasteiger partial charge in [0.1, 0.15) is 0 Å². The van der Waals surface area contributed by atoms with Gasteiger partial charge in [0.25, 0.3) is 0 Å². The summed E-state index contributed by atoms with van der Waals surface area (Å²) in [5.41, 5.74) is 1.09. The summed E-state index contributed by atoms with van der Waals surface area (Å²) < 4.78 is 0. The Bertz CT molecular complexity index is 607. The summed E-state index contributed by atoms with van der Waals surface area (Å²) in [5, 5.41) is 6.65. The lowest BCUT2D eigenvalue weighted by molar-refractivity contribution is -0.127. The molecule has 6 heteroatoms. The van der Waals surface area contributed by atoms with Crippen LogP contribution < -0.4 is 10.6 Å². The maximum atomic E-state index is 12.1. The molecule has 2 aliphatic rings. The molecule has 0 aromatic heterocycles. The van der Waals surface area contributed by atoms with Crippen LogP contribution >= 0.6 is 11.6 Å². The Hall–Kier alpha value is -1.75. The number of hydrogen-bond donors (Lipinski definition) is 2. The van der Waals surface area contributed by atoms with Crippen molar-refractivity contribution in [1.82, 2.24) is 15.5 Å². The third kappa shape index (κ3) is 3.96. The highest BCUT2D eigenvalue weighted by Gasteiger charge is 2.40. The first-order valence-corrected chi connectivity index (χ1v) is 8.51. The van der Waals surface area contributed by atoms with Gasteiger partial charge in [-0.05, 0) is 31.4 Å². The van der Waals surface area contributed by atoms with Gasteiger partial charge in [0, 0.05) is 42.5 Å². The Balaban J connectivity index is 1.44. The molecule has 1 saturated heterocycles. The Morgan fingerprint density at radius 2 is 2.22 bits per heavy atom. The molecule has 2 fully saturated rings. The number of benzene rings is 1. The molecule has 0 bridgehead atoms. The van der Waals surface area contributed by atoms with Crippen LogP contribution in [0.1, 0.15) is 37.7 Å². The van der Waals surface area contributed by atoms with E-state index in [0.29, 0.717) is 18.9 Å². The van der Waals surface area contributed by atoms with E-state index in [9.17, 15) is 9.59 Å². The second-order valence-corrected chi connectivity index (χ2v) is 6.84. The third-order valence-corrected chi connectivity index (χ3v) is 4.80. The highest BCUT2D eigenvalue weighted by Crippen LogP contribution is 2.43. The number of hydrogen-bond acceptors (Lipinski definition) is 2. The number of halogens is 1. The molecule has 1 aromatic rings. The van der Waals surface area contributed by atoms with Crippen molar-refractivity contribution in [3.63, 3.8) is 0 Å². The van der Waals surface area contributed by atoms with Crippen LogP contribution in [0.3, 0.4) is 0 Å². The first kappa shape index (κ1) is 16.1. The fraction of sp³-hybridized carbons (Fsp3) is 0.529. The van der Waals surface area contributed by atoms with Gasteiger partial charge in [0.2, 0.25) is 5.91 Å². The highest BCUT2D eigenvalue weighted by molar-refractivity contribution is 6.31. The number of rotatable bonds is 5. The normalized spacial score (nSPS) is 24.4. The molecule has 23 heavy (non-hydrogen) atoms. The molecule has 1 aliphatic carbocycles. The smallest absolute Gasteiger partial charge is 0.315 e. The van der Waals surface area contributed by atoms with Crippen LogP contribution in [-0.2, 0) is 4.79 Å². The van der Waals surface area contributed by atoms with E-state index in [1.54, 1.807) is 0 Å². The van der Waals surface area contributed by atoms with Crippen molar-refractivity contribution in [3.05, 3.63) is 34.9 Å². The van der Waals surface area contributed by atoms with Gasteiger partial charge in [-0.3, -0.25) is 4.79 Å². The first-order valence-electron chi connectivity index (χ1n) is 8.14. The number of urea groups is 1. The molecule has 3 unspecified atom stereocenters. The molecule has 5 nitrogen and oxygen atoms in total.